The number of hydrogen-bond acceptors (Lipinski definition) is 4. The van der Waals surface area contributed by atoms with Gasteiger partial charge in [0.05, 0.1) is 11.5 Å². The smallest absolute Gasteiger partial charge is 0.243 e. The minimum Gasteiger partial charge on any atom is -0.494 e. The van der Waals surface area contributed by atoms with Crippen LogP contribution in [0.15, 0.2) is 29.2 Å². The Balaban J connectivity index is 0.00000324. The number of likely N-dealkylation sites (N-methyl/N-ethyl adjacent to an activating group) is 1. The predicted molar refractivity (Wildman–Crippen MR) is 78.3 cm³/mol. The molecule has 0 fully saturated rings. The normalized spacial score (nSPS) is 12.9. The summed E-state index contributed by atoms with van der Waals surface area (Å²) in [6.07, 6.45) is 0. The van der Waals surface area contributed by atoms with Crippen LogP contribution >= 0.6 is 12.4 Å². The van der Waals surface area contributed by atoms with Crippen LogP contribution in [0.3, 0.4) is 0 Å². The van der Waals surface area contributed by atoms with E-state index in [0.717, 1.165) is 0 Å². The van der Waals surface area contributed by atoms with Crippen LogP contribution in [0.2, 0.25) is 0 Å². The Morgan fingerprint density at radius 1 is 1.32 bits per heavy atom. The number of rotatable bonds is 6. The van der Waals surface area contributed by atoms with Crippen molar-refractivity contribution in [3.63, 3.8) is 0 Å². The lowest BCUT2D eigenvalue weighted by Gasteiger charge is -2.23. The lowest BCUT2D eigenvalue weighted by atomic mass is 10.3. The Kier molecular flexibility index (Phi) is 7.36. The summed E-state index contributed by atoms with van der Waals surface area (Å²) in [5, 5.41) is 0. The van der Waals surface area contributed by atoms with E-state index in [9.17, 15) is 8.42 Å². The molecule has 0 aliphatic carbocycles. The SMILES string of the molecule is CCOc1ccc(S(=O)(=O)N(C)C(C)CN)cc1.Cl. The molecule has 0 saturated carbocycles. The molecule has 1 aromatic rings. The summed E-state index contributed by atoms with van der Waals surface area (Å²) in [7, 11) is -1.95. The number of halogens is 1. The second-order valence-corrected chi connectivity index (χ2v) is 6.01. The molecule has 5 nitrogen and oxygen atoms in total. The first kappa shape index (κ1) is 18.2. The highest BCUT2D eigenvalue weighted by molar-refractivity contribution is 7.89. The van der Waals surface area contributed by atoms with Gasteiger partial charge in [-0.15, -0.1) is 12.4 Å². The molecule has 19 heavy (non-hydrogen) atoms. The van der Waals surface area contributed by atoms with Gasteiger partial charge in [-0.05, 0) is 38.1 Å². The van der Waals surface area contributed by atoms with Crippen molar-refractivity contribution < 1.29 is 13.2 Å². The summed E-state index contributed by atoms with van der Waals surface area (Å²) in [4.78, 5) is 0.244. The first-order chi connectivity index (χ1) is 8.43. The lowest BCUT2D eigenvalue weighted by Crippen LogP contribution is -2.39. The Morgan fingerprint density at radius 2 is 1.84 bits per heavy atom. The van der Waals surface area contributed by atoms with Crippen molar-refractivity contribution in [2.45, 2.75) is 24.8 Å². The number of nitrogens with zero attached hydrogens (tertiary/aromatic N) is 1. The molecule has 110 valence electrons. The fourth-order valence-electron chi connectivity index (χ4n) is 1.43. The van der Waals surface area contributed by atoms with Gasteiger partial charge >= 0.3 is 0 Å². The summed E-state index contributed by atoms with van der Waals surface area (Å²) < 4.78 is 31.0. The van der Waals surface area contributed by atoms with Gasteiger partial charge in [-0.25, -0.2) is 8.42 Å². The van der Waals surface area contributed by atoms with E-state index >= 15 is 0 Å². The topological polar surface area (TPSA) is 72.6 Å². The van der Waals surface area contributed by atoms with Gasteiger partial charge in [-0.1, -0.05) is 0 Å². The van der Waals surface area contributed by atoms with Crippen molar-refractivity contribution in [3.8, 4) is 5.75 Å². The monoisotopic (exact) mass is 308 g/mol. The molecule has 1 aromatic carbocycles. The Hall–Kier alpha value is -0.820. The van der Waals surface area contributed by atoms with Crippen molar-refractivity contribution in [1.82, 2.24) is 4.31 Å². The zero-order valence-corrected chi connectivity index (χ0v) is 13.0. The Labute approximate surface area is 121 Å². The van der Waals surface area contributed by atoms with E-state index in [2.05, 4.69) is 0 Å². The second-order valence-electron chi connectivity index (χ2n) is 4.01. The molecule has 2 N–H and O–H groups in total. The Bertz CT molecular complexity index is 476. The van der Waals surface area contributed by atoms with Crippen LogP contribution in [-0.4, -0.2) is 39.0 Å². The van der Waals surface area contributed by atoms with Gasteiger partial charge in [-0.3, -0.25) is 0 Å². The summed E-state index contributed by atoms with van der Waals surface area (Å²) in [5.74, 6) is 0.658. The summed E-state index contributed by atoms with van der Waals surface area (Å²) in [6.45, 7) is 4.48. The highest BCUT2D eigenvalue weighted by Crippen LogP contribution is 2.19. The van der Waals surface area contributed by atoms with Crippen molar-refractivity contribution in [2.24, 2.45) is 5.73 Å². The first-order valence-electron chi connectivity index (χ1n) is 5.84. The quantitative estimate of drug-likeness (QED) is 0.864. The highest BCUT2D eigenvalue weighted by Gasteiger charge is 2.24. The van der Waals surface area contributed by atoms with E-state index in [0.29, 0.717) is 12.4 Å². The van der Waals surface area contributed by atoms with Crippen molar-refractivity contribution in [3.05, 3.63) is 24.3 Å². The summed E-state index contributed by atoms with van der Waals surface area (Å²) in [6, 6.07) is 6.15. The minimum absolute atomic E-state index is 0. The van der Waals surface area contributed by atoms with Crippen LogP contribution < -0.4 is 10.5 Å². The molecular weight excluding hydrogens is 288 g/mol. The van der Waals surface area contributed by atoms with Gasteiger partial charge in [0, 0.05) is 19.6 Å². The van der Waals surface area contributed by atoms with Crippen LogP contribution in [0.4, 0.5) is 0 Å². The van der Waals surface area contributed by atoms with E-state index in [4.69, 9.17) is 10.5 Å². The van der Waals surface area contributed by atoms with Crippen molar-refractivity contribution in [1.29, 1.82) is 0 Å². The molecule has 1 atom stereocenters. The second kappa shape index (κ2) is 7.69. The van der Waals surface area contributed by atoms with Crippen LogP contribution in [0.25, 0.3) is 0 Å². The average Bonchev–Trinajstić information content (AvgIpc) is 2.38. The molecule has 0 amide bonds. The Morgan fingerprint density at radius 3 is 2.26 bits per heavy atom. The van der Waals surface area contributed by atoms with Crippen LogP contribution in [0.1, 0.15) is 13.8 Å². The third-order valence-corrected chi connectivity index (χ3v) is 4.76. The number of nitrogens with two attached hydrogens (primary N) is 1. The van der Waals surface area contributed by atoms with Crippen LogP contribution in [0, 0.1) is 0 Å². The van der Waals surface area contributed by atoms with Gasteiger partial charge in [0.25, 0.3) is 0 Å². The van der Waals surface area contributed by atoms with Gasteiger partial charge in [-0.2, -0.15) is 4.31 Å². The fourth-order valence-corrected chi connectivity index (χ4v) is 2.80. The number of ether oxygens (including phenoxy) is 1. The summed E-state index contributed by atoms with van der Waals surface area (Å²) in [5.41, 5.74) is 5.49. The molecule has 0 aliphatic rings. The first-order valence-corrected chi connectivity index (χ1v) is 7.28. The molecule has 7 heteroatoms. The molecule has 0 spiro atoms. The standard InChI is InChI=1S/C12H20N2O3S.ClH/c1-4-17-11-5-7-12(8-6-11)18(15,16)14(3)10(2)9-13;/h5-8,10H,4,9,13H2,1-3H3;1H. The number of sulfonamides is 1. The van der Waals surface area contributed by atoms with Gasteiger partial charge < -0.3 is 10.5 Å². The third kappa shape index (κ3) is 4.35. The lowest BCUT2D eigenvalue weighted by molar-refractivity contribution is 0.340. The molecule has 1 rings (SSSR count). The van der Waals surface area contributed by atoms with Gasteiger partial charge in [0.2, 0.25) is 10.0 Å². The minimum atomic E-state index is -3.48. The van der Waals surface area contributed by atoms with E-state index in [-0.39, 0.29) is 29.9 Å². The average molecular weight is 309 g/mol. The fraction of sp³-hybridized carbons (Fsp3) is 0.500. The molecule has 0 aliphatic heterocycles. The van der Waals surface area contributed by atoms with Gasteiger partial charge in [0.15, 0.2) is 0 Å². The highest BCUT2D eigenvalue weighted by atomic mass is 35.5. The molecule has 0 aromatic heterocycles. The maximum absolute atomic E-state index is 12.2. The van der Waals surface area contributed by atoms with Gasteiger partial charge in [0.1, 0.15) is 5.75 Å². The van der Waals surface area contributed by atoms with E-state index in [1.54, 1.807) is 31.2 Å². The third-order valence-electron chi connectivity index (χ3n) is 2.77. The maximum atomic E-state index is 12.2. The van der Waals surface area contributed by atoms with Crippen LogP contribution in [-0.2, 0) is 10.0 Å². The zero-order chi connectivity index (χ0) is 13.8. The van der Waals surface area contributed by atoms with E-state index in [1.165, 1.54) is 11.4 Å². The zero-order valence-electron chi connectivity index (χ0n) is 11.4. The number of benzene rings is 1. The van der Waals surface area contributed by atoms with E-state index in [1.807, 2.05) is 6.92 Å². The van der Waals surface area contributed by atoms with Crippen molar-refractivity contribution >= 4 is 22.4 Å². The van der Waals surface area contributed by atoms with E-state index < -0.39 is 10.0 Å². The molecule has 0 heterocycles. The molecule has 0 radical (unpaired) electrons. The molecular formula is C12H21ClN2O3S. The van der Waals surface area contributed by atoms with Crippen LogP contribution in [0.5, 0.6) is 5.75 Å². The largest absolute Gasteiger partial charge is 0.494 e. The molecule has 0 saturated heterocycles. The molecule has 1 unspecified atom stereocenters. The number of hydrogen-bond donors (Lipinski definition) is 1. The molecule has 0 bridgehead atoms. The summed E-state index contributed by atoms with van der Waals surface area (Å²) >= 11 is 0. The predicted octanol–water partition coefficient (Wildman–Crippen LogP) is 1.47. The maximum Gasteiger partial charge on any atom is 0.243 e. The van der Waals surface area contributed by atoms with Crippen molar-refractivity contribution in [2.75, 3.05) is 20.2 Å².